The van der Waals surface area contributed by atoms with Gasteiger partial charge in [0.25, 0.3) is 14.3 Å². The molecule has 2 nitrogen and oxygen atoms in total. The van der Waals surface area contributed by atoms with Gasteiger partial charge in [0.05, 0.1) is 0 Å². The summed E-state index contributed by atoms with van der Waals surface area (Å²) in [4.78, 5) is 11.4. The van der Waals surface area contributed by atoms with Gasteiger partial charge in [0.1, 0.15) is 0 Å². The smallest absolute Gasteiger partial charge is 0.292 e. The molecule has 0 aromatic carbocycles. The first kappa shape index (κ1) is 10.8. The van der Waals surface area contributed by atoms with Crippen molar-refractivity contribution in [3.63, 3.8) is 0 Å². The maximum absolute atomic E-state index is 11.4. The van der Waals surface area contributed by atoms with E-state index in [2.05, 4.69) is 13.5 Å². The molecule has 0 atom stereocenters. The molecule has 0 unspecified atom stereocenters. The topological polar surface area (TPSA) is 26.3 Å². The molecule has 3 heteroatoms. The van der Waals surface area contributed by atoms with E-state index in [4.69, 9.17) is 4.43 Å². The Morgan fingerprint density at radius 1 is 1.38 bits per heavy atom. The van der Waals surface area contributed by atoms with Crippen LogP contribution in [0.15, 0.2) is 0 Å². The lowest BCUT2D eigenvalue weighted by Crippen LogP contribution is -2.33. The van der Waals surface area contributed by atoms with Gasteiger partial charge in [-0.05, 0) is 25.1 Å². The summed E-state index contributed by atoms with van der Waals surface area (Å²) in [5, 5.41) is 0. The molecule has 0 N–H and O–H groups in total. The molecule has 1 fully saturated rings. The Labute approximate surface area is 81.8 Å². The average molecular weight is 200 g/mol. The lowest BCUT2D eigenvalue weighted by atomic mass is 10.3. The molecule has 1 heterocycles. The number of carbonyl (C=O) groups excluding carboxylic acids is 1. The predicted molar refractivity (Wildman–Crippen MR) is 56.1 cm³/mol. The van der Waals surface area contributed by atoms with E-state index in [9.17, 15) is 4.79 Å². The van der Waals surface area contributed by atoms with E-state index < -0.39 is 8.32 Å². The fourth-order valence-electron chi connectivity index (χ4n) is 1.87. The third-order valence-electron chi connectivity index (χ3n) is 2.76. The second kappa shape index (κ2) is 4.79. The van der Waals surface area contributed by atoms with Crippen molar-refractivity contribution >= 4 is 14.3 Å². The molecule has 0 bridgehead atoms. The maximum atomic E-state index is 11.4. The van der Waals surface area contributed by atoms with Crippen LogP contribution in [0.2, 0.25) is 18.6 Å². The minimum atomic E-state index is -1.55. The third-order valence-corrected chi connectivity index (χ3v) is 6.30. The Kier molecular flexibility index (Phi) is 3.97. The lowest BCUT2D eigenvalue weighted by molar-refractivity contribution is -0.135. The molecule has 0 amide bonds. The van der Waals surface area contributed by atoms with Crippen LogP contribution in [0, 0.1) is 0 Å². The van der Waals surface area contributed by atoms with Crippen molar-refractivity contribution in [3.8, 4) is 0 Å². The molecule has 1 saturated heterocycles. The number of carbonyl (C=O) groups is 1. The van der Waals surface area contributed by atoms with Gasteiger partial charge in [0, 0.05) is 6.42 Å². The highest BCUT2D eigenvalue weighted by Crippen LogP contribution is 2.31. The van der Waals surface area contributed by atoms with Crippen molar-refractivity contribution in [1.82, 2.24) is 0 Å². The van der Waals surface area contributed by atoms with E-state index in [0.29, 0.717) is 6.42 Å². The lowest BCUT2D eigenvalue weighted by Gasteiger charge is -2.21. The van der Waals surface area contributed by atoms with E-state index in [1.807, 2.05) is 0 Å². The van der Waals surface area contributed by atoms with Crippen LogP contribution in [-0.4, -0.2) is 14.3 Å². The van der Waals surface area contributed by atoms with E-state index in [1.54, 1.807) is 0 Å². The zero-order chi connectivity index (χ0) is 9.73. The monoisotopic (exact) mass is 200 g/mol. The van der Waals surface area contributed by atoms with Crippen LogP contribution in [0.1, 0.15) is 39.0 Å². The number of hydrogen-bond donors (Lipinski definition) is 0. The second-order valence-corrected chi connectivity index (χ2v) is 8.34. The molecule has 0 aliphatic carbocycles. The van der Waals surface area contributed by atoms with Crippen LogP contribution >= 0.6 is 0 Å². The number of rotatable bonds is 4. The minimum Gasteiger partial charge on any atom is -0.519 e. The molecule has 1 aliphatic rings. The predicted octanol–water partition coefficient (Wildman–Crippen LogP) is 3.09. The average Bonchev–Trinajstić information content (AvgIpc) is 2.48. The van der Waals surface area contributed by atoms with Crippen LogP contribution in [0.3, 0.4) is 0 Å². The summed E-state index contributed by atoms with van der Waals surface area (Å²) in [6, 6.07) is 2.37. The summed E-state index contributed by atoms with van der Waals surface area (Å²) >= 11 is 0. The number of unbranched alkanes of at least 4 members (excludes halogenated alkanes) is 1. The first-order valence-electron chi connectivity index (χ1n) is 5.38. The van der Waals surface area contributed by atoms with Gasteiger partial charge in [0.15, 0.2) is 0 Å². The van der Waals surface area contributed by atoms with Gasteiger partial charge in [-0.25, -0.2) is 0 Å². The largest absolute Gasteiger partial charge is 0.519 e. The molecule has 76 valence electrons. The molecule has 0 saturated carbocycles. The normalized spacial score (nSPS) is 20.2. The summed E-state index contributed by atoms with van der Waals surface area (Å²) in [7, 11) is -1.55. The van der Waals surface area contributed by atoms with Crippen molar-refractivity contribution in [2.45, 2.75) is 57.7 Å². The highest BCUT2D eigenvalue weighted by Gasteiger charge is 2.36. The van der Waals surface area contributed by atoms with Crippen LogP contribution < -0.4 is 0 Å². The van der Waals surface area contributed by atoms with Crippen molar-refractivity contribution in [2.75, 3.05) is 0 Å². The van der Waals surface area contributed by atoms with Crippen LogP contribution in [-0.2, 0) is 9.22 Å². The molecule has 0 radical (unpaired) electrons. The minimum absolute atomic E-state index is 0.0536. The maximum Gasteiger partial charge on any atom is 0.292 e. The van der Waals surface area contributed by atoms with E-state index in [0.717, 1.165) is 12.8 Å². The molecule has 0 spiro atoms. The zero-order valence-electron chi connectivity index (χ0n) is 8.77. The van der Waals surface area contributed by atoms with Gasteiger partial charge in [-0.15, -0.1) is 0 Å². The molecular weight excluding hydrogens is 180 g/mol. The van der Waals surface area contributed by atoms with Gasteiger partial charge in [-0.3, -0.25) is 4.79 Å². The Bertz CT molecular complexity index is 174. The zero-order valence-corrected chi connectivity index (χ0v) is 9.77. The highest BCUT2D eigenvalue weighted by molar-refractivity contribution is 6.74. The second-order valence-electron chi connectivity index (χ2n) is 4.23. The molecule has 13 heavy (non-hydrogen) atoms. The molecular formula is C10H20O2Si. The van der Waals surface area contributed by atoms with Crippen molar-refractivity contribution in [1.29, 1.82) is 0 Å². The Hall–Kier alpha value is -0.313. The SMILES string of the molecule is CCCCC(=O)O[Si]1(C)CCCC1. The Balaban J connectivity index is 2.26. The first-order valence-corrected chi connectivity index (χ1v) is 8.20. The summed E-state index contributed by atoms with van der Waals surface area (Å²) in [5.41, 5.74) is 0. The standard InChI is InChI=1S/C10H20O2Si/c1-3-4-7-10(11)12-13(2)8-5-6-9-13/h3-9H2,1-2H3. The molecule has 0 aromatic rings. The fourth-order valence-corrected chi connectivity index (χ4v) is 4.97. The van der Waals surface area contributed by atoms with Crippen molar-refractivity contribution < 1.29 is 9.22 Å². The van der Waals surface area contributed by atoms with Gasteiger partial charge in [-0.2, -0.15) is 0 Å². The summed E-state index contributed by atoms with van der Waals surface area (Å²) in [6.07, 6.45) is 5.21. The van der Waals surface area contributed by atoms with Gasteiger partial charge in [-0.1, -0.05) is 26.2 Å². The van der Waals surface area contributed by atoms with Crippen molar-refractivity contribution in [2.24, 2.45) is 0 Å². The Morgan fingerprint density at radius 3 is 2.54 bits per heavy atom. The van der Waals surface area contributed by atoms with Gasteiger partial charge >= 0.3 is 0 Å². The summed E-state index contributed by atoms with van der Waals surface area (Å²) in [6.45, 7) is 4.30. The third kappa shape index (κ3) is 3.51. The van der Waals surface area contributed by atoms with E-state index in [-0.39, 0.29) is 5.97 Å². The first-order chi connectivity index (χ1) is 6.16. The van der Waals surface area contributed by atoms with Gasteiger partial charge in [0.2, 0.25) is 0 Å². The molecule has 1 rings (SSSR count). The number of hydrogen-bond acceptors (Lipinski definition) is 2. The van der Waals surface area contributed by atoms with Gasteiger partial charge < -0.3 is 4.43 Å². The van der Waals surface area contributed by atoms with E-state index >= 15 is 0 Å². The highest BCUT2D eigenvalue weighted by atomic mass is 28.4. The van der Waals surface area contributed by atoms with E-state index in [1.165, 1.54) is 24.9 Å². The summed E-state index contributed by atoms with van der Waals surface area (Å²) < 4.78 is 5.60. The Morgan fingerprint density at radius 2 is 2.00 bits per heavy atom. The van der Waals surface area contributed by atoms with Crippen LogP contribution in [0.5, 0.6) is 0 Å². The van der Waals surface area contributed by atoms with Crippen molar-refractivity contribution in [3.05, 3.63) is 0 Å². The van der Waals surface area contributed by atoms with Crippen LogP contribution in [0.4, 0.5) is 0 Å². The quantitative estimate of drug-likeness (QED) is 0.652. The van der Waals surface area contributed by atoms with Crippen LogP contribution in [0.25, 0.3) is 0 Å². The summed E-state index contributed by atoms with van der Waals surface area (Å²) in [5.74, 6) is 0.0536. The fraction of sp³-hybridized carbons (Fsp3) is 0.900. The molecule has 1 aliphatic heterocycles. The molecule has 0 aromatic heterocycles.